The Bertz CT molecular complexity index is 717. The predicted molar refractivity (Wildman–Crippen MR) is 119 cm³/mol. The molecule has 0 aromatic heterocycles. The van der Waals surface area contributed by atoms with Crippen LogP contribution in [-0.4, -0.2) is 17.3 Å². The van der Waals surface area contributed by atoms with Gasteiger partial charge in [0.15, 0.2) is 0 Å². The van der Waals surface area contributed by atoms with E-state index in [1.165, 1.54) is 28.9 Å². The van der Waals surface area contributed by atoms with Gasteiger partial charge in [-0.3, -0.25) is 4.79 Å². The first-order valence-corrected chi connectivity index (χ1v) is 11.7. The molecule has 3 rings (SSSR count). The van der Waals surface area contributed by atoms with Gasteiger partial charge in [-0.2, -0.15) is 0 Å². The van der Waals surface area contributed by atoms with Gasteiger partial charge in [-0.15, -0.1) is 11.8 Å². The number of rotatable bonds is 10. The van der Waals surface area contributed by atoms with E-state index in [-0.39, 0.29) is 11.2 Å². The summed E-state index contributed by atoms with van der Waals surface area (Å²) >= 11 is 1.72. The van der Waals surface area contributed by atoms with Crippen molar-refractivity contribution in [2.24, 2.45) is 5.92 Å². The van der Waals surface area contributed by atoms with Crippen molar-refractivity contribution in [3.63, 3.8) is 0 Å². The average Bonchev–Trinajstić information content (AvgIpc) is 3.32. The normalized spacial score (nSPS) is 24.8. The molecule has 0 spiro atoms. The lowest BCUT2D eigenvalue weighted by molar-refractivity contribution is -0.119. The van der Waals surface area contributed by atoms with E-state index in [0.29, 0.717) is 11.7 Å². The number of Topliss-reactive ketones (excluding diaryl/α,β-unsaturated/α-hetero) is 1. The van der Waals surface area contributed by atoms with Crippen molar-refractivity contribution in [1.82, 2.24) is 0 Å². The van der Waals surface area contributed by atoms with Gasteiger partial charge in [0, 0.05) is 12.3 Å². The second kappa shape index (κ2) is 10.8. The van der Waals surface area contributed by atoms with Gasteiger partial charge in [-0.25, -0.2) is 0 Å². The molecule has 1 aliphatic heterocycles. The van der Waals surface area contributed by atoms with Crippen LogP contribution >= 0.6 is 11.8 Å². The molecule has 150 valence electrons. The van der Waals surface area contributed by atoms with Crippen LogP contribution in [0.25, 0.3) is 6.08 Å². The van der Waals surface area contributed by atoms with Crippen LogP contribution in [-0.2, 0) is 9.59 Å². The Kier molecular flexibility index (Phi) is 8.14. The van der Waals surface area contributed by atoms with Crippen LogP contribution in [0.3, 0.4) is 0 Å². The first kappa shape index (κ1) is 21.1. The third-order valence-electron chi connectivity index (χ3n) is 5.94. The van der Waals surface area contributed by atoms with Crippen LogP contribution in [0.5, 0.6) is 0 Å². The van der Waals surface area contributed by atoms with Gasteiger partial charge in [-0.1, -0.05) is 62.3 Å². The molecule has 0 N–H and O–H groups in total. The predicted octanol–water partition coefficient (Wildman–Crippen LogP) is 6.71. The number of unbranched alkanes of at least 4 members (excludes halogenated alkanes) is 2. The highest BCUT2D eigenvalue weighted by Crippen LogP contribution is 2.41. The summed E-state index contributed by atoms with van der Waals surface area (Å²) in [5.41, 5.74) is 2.41. The SMILES string of the molecule is CCCCC=Cc1ccc(C2C(=O)CC[C@@H]2CCCC2=CCC(C=O)S2)cc1. The van der Waals surface area contributed by atoms with Crippen molar-refractivity contribution < 1.29 is 9.59 Å². The summed E-state index contributed by atoms with van der Waals surface area (Å²) in [7, 11) is 0. The summed E-state index contributed by atoms with van der Waals surface area (Å²) in [6.07, 6.45) is 17.2. The standard InChI is InChI=1S/C25H32O2S/c1-2-3-4-5-7-19-10-12-21(13-11-19)25-20(14-17-24(25)27)8-6-9-22-15-16-23(18-26)28-22/h5,7,10-13,15,18,20,23,25H,2-4,6,8-9,14,16-17H2,1H3/t20-,23?,25?/m0/s1. The number of allylic oxidation sites excluding steroid dienone is 3. The average molecular weight is 397 g/mol. The Hall–Kier alpha value is -1.61. The lowest BCUT2D eigenvalue weighted by Gasteiger charge is -2.19. The number of benzene rings is 1. The fourth-order valence-electron chi connectivity index (χ4n) is 4.36. The molecule has 0 radical (unpaired) electrons. The summed E-state index contributed by atoms with van der Waals surface area (Å²) in [5.74, 6) is 0.949. The van der Waals surface area contributed by atoms with E-state index in [2.05, 4.69) is 49.4 Å². The van der Waals surface area contributed by atoms with Gasteiger partial charge in [0.05, 0.1) is 5.25 Å². The molecule has 1 saturated carbocycles. The quantitative estimate of drug-likeness (QED) is 0.325. The van der Waals surface area contributed by atoms with Crippen LogP contribution in [0.2, 0.25) is 0 Å². The Balaban J connectivity index is 1.53. The van der Waals surface area contributed by atoms with Crippen LogP contribution < -0.4 is 0 Å². The number of ketones is 1. The van der Waals surface area contributed by atoms with Gasteiger partial charge in [-0.05, 0) is 60.5 Å². The monoisotopic (exact) mass is 396 g/mol. The zero-order valence-electron chi connectivity index (χ0n) is 16.9. The number of hydrogen-bond donors (Lipinski definition) is 0. The smallest absolute Gasteiger partial charge is 0.140 e. The van der Waals surface area contributed by atoms with E-state index in [1.807, 2.05) is 0 Å². The fraction of sp³-hybridized carbons (Fsp3) is 0.520. The summed E-state index contributed by atoms with van der Waals surface area (Å²) in [4.78, 5) is 24.8. The molecular weight excluding hydrogens is 364 g/mol. The molecule has 3 atom stereocenters. The van der Waals surface area contributed by atoms with Gasteiger partial charge < -0.3 is 4.79 Å². The van der Waals surface area contributed by atoms with E-state index >= 15 is 0 Å². The third-order valence-corrected chi connectivity index (χ3v) is 7.22. The van der Waals surface area contributed by atoms with Gasteiger partial charge in [0.25, 0.3) is 0 Å². The zero-order chi connectivity index (χ0) is 19.8. The number of aldehydes is 1. The van der Waals surface area contributed by atoms with Crippen molar-refractivity contribution in [3.8, 4) is 0 Å². The summed E-state index contributed by atoms with van der Waals surface area (Å²) in [6, 6.07) is 8.62. The summed E-state index contributed by atoms with van der Waals surface area (Å²) < 4.78 is 0. The highest BCUT2D eigenvalue weighted by molar-refractivity contribution is 8.04. The first-order valence-electron chi connectivity index (χ1n) is 10.8. The Morgan fingerprint density at radius 2 is 2.00 bits per heavy atom. The van der Waals surface area contributed by atoms with Crippen LogP contribution in [0.1, 0.15) is 81.8 Å². The van der Waals surface area contributed by atoms with Crippen LogP contribution in [0, 0.1) is 5.92 Å². The largest absolute Gasteiger partial charge is 0.302 e. The van der Waals surface area contributed by atoms with Gasteiger partial charge >= 0.3 is 0 Å². The van der Waals surface area contributed by atoms with Gasteiger partial charge in [0.2, 0.25) is 0 Å². The van der Waals surface area contributed by atoms with Gasteiger partial charge in [0.1, 0.15) is 12.1 Å². The number of carbonyl (C=O) groups is 2. The van der Waals surface area contributed by atoms with Crippen molar-refractivity contribution in [2.75, 3.05) is 0 Å². The third kappa shape index (κ3) is 5.70. The molecule has 1 aromatic carbocycles. The second-order valence-electron chi connectivity index (χ2n) is 8.04. The highest BCUT2D eigenvalue weighted by atomic mass is 32.2. The minimum absolute atomic E-state index is 0.0751. The molecule has 0 saturated heterocycles. The molecule has 1 heterocycles. The van der Waals surface area contributed by atoms with Crippen molar-refractivity contribution in [3.05, 3.63) is 52.4 Å². The summed E-state index contributed by atoms with van der Waals surface area (Å²) in [6.45, 7) is 2.21. The summed E-state index contributed by atoms with van der Waals surface area (Å²) in [5, 5.41) is 0.130. The maximum atomic E-state index is 12.5. The van der Waals surface area contributed by atoms with Crippen molar-refractivity contribution in [1.29, 1.82) is 0 Å². The van der Waals surface area contributed by atoms with E-state index in [0.717, 1.165) is 51.2 Å². The molecule has 1 fully saturated rings. The first-order chi connectivity index (χ1) is 13.7. The van der Waals surface area contributed by atoms with E-state index in [9.17, 15) is 9.59 Å². The minimum Gasteiger partial charge on any atom is -0.302 e. The molecule has 3 heteroatoms. The zero-order valence-corrected chi connectivity index (χ0v) is 17.8. The maximum Gasteiger partial charge on any atom is 0.140 e. The maximum absolute atomic E-state index is 12.5. The molecular formula is C25H32O2S. The molecule has 0 amide bonds. The lowest BCUT2D eigenvalue weighted by Crippen LogP contribution is -2.12. The Morgan fingerprint density at radius 1 is 1.18 bits per heavy atom. The molecule has 2 nitrogen and oxygen atoms in total. The second-order valence-corrected chi connectivity index (χ2v) is 9.41. The lowest BCUT2D eigenvalue weighted by atomic mass is 9.85. The molecule has 2 unspecified atom stereocenters. The number of carbonyl (C=O) groups excluding carboxylic acids is 2. The Morgan fingerprint density at radius 3 is 2.71 bits per heavy atom. The van der Waals surface area contributed by atoms with Crippen molar-refractivity contribution >= 4 is 29.9 Å². The number of hydrogen-bond acceptors (Lipinski definition) is 3. The highest BCUT2D eigenvalue weighted by Gasteiger charge is 2.35. The number of thioether (sulfide) groups is 1. The molecule has 0 bridgehead atoms. The Labute approximate surface area is 173 Å². The molecule has 2 aliphatic rings. The molecule has 1 aromatic rings. The van der Waals surface area contributed by atoms with Crippen LogP contribution in [0.4, 0.5) is 0 Å². The molecule has 28 heavy (non-hydrogen) atoms. The van der Waals surface area contributed by atoms with Crippen LogP contribution in [0.15, 0.2) is 41.3 Å². The van der Waals surface area contributed by atoms with E-state index < -0.39 is 0 Å². The van der Waals surface area contributed by atoms with Crippen molar-refractivity contribution in [2.45, 2.75) is 75.9 Å². The van der Waals surface area contributed by atoms with E-state index in [4.69, 9.17) is 0 Å². The minimum atomic E-state index is 0.0751. The fourth-order valence-corrected chi connectivity index (χ4v) is 5.45. The molecule has 1 aliphatic carbocycles. The topological polar surface area (TPSA) is 34.1 Å². The van der Waals surface area contributed by atoms with E-state index in [1.54, 1.807) is 11.8 Å².